The summed E-state index contributed by atoms with van der Waals surface area (Å²) >= 11 is 0. The number of amides is 4. The summed E-state index contributed by atoms with van der Waals surface area (Å²) in [7, 11) is 0. The maximum atomic E-state index is 14.0. The van der Waals surface area contributed by atoms with Gasteiger partial charge in [-0.1, -0.05) is 0 Å². The van der Waals surface area contributed by atoms with Crippen LogP contribution < -0.4 is 10.6 Å². The molecule has 4 amide bonds. The van der Waals surface area contributed by atoms with Gasteiger partial charge >= 0.3 is 6.03 Å². The third-order valence-electron chi connectivity index (χ3n) is 4.33. The van der Waals surface area contributed by atoms with Crippen LogP contribution in [0.4, 0.5) is 13.6 Å². The van der Waals surface area contributed by atoms with Crippen molar-refractivity contribution in [2.75, 3.05) is 13.1 Å². The van der Waals surface area contributed by atoms with E-state index in [0.717, 1.165) is 31.0 Å². The van der Waals surface area contributed by atoms with E-state index < -0.39 is 41.6 Å². The molecule has 0 bridgehead atoms. The van der Waals surface area contributed by atoms with Gasteiger partial charge in [-0.2, -0.15) is 0 Å². The van der Waals surface area contributed by atoms with Crippen molar-refractivity contribution in [3.05, 3.63) is 35.4 Å². The molecular weight excluding hydrogens is 320 g/mol. The third kappa shape index (κ3) is 2.95. The molecule has 1 aliphatic carbocycles. The number of carbonyl (C=O) groups excluding carboxylic acids is 3. The van der Waals surface area contributed by atoms with Crippen LogP contribution in [0.15, 0.2) is 18.2 Å². The number of rotatable bonds is 5. The fourth-order valence-electron chi connectivity index (χ4n) is 2.68. The Hall–Kier alpha value is -2.51. The number of hydrogen-bond donors (Lipinski definition) is 2. The molecule has 8 heteroatoms. The van der Waals surface area contributed by atoms with Crippen LogP contribution >= 0.6 is 0 Å². The van der Waals surface area contributed by atoms with E-state index in [1.807, 2.05) is 0 Å². The van der Waals surface area contributed by atoms with Crippen molar-refractivity contribution in [3.63, 3.8) is 0 Å². The van der Waals surface area contributed by atoms with E-state index in [2.05, 4.69) is 10.6 Å². The van der Waals surface area contributed by atoms with Gasteiger partial charge < -0.3 is 10.6 Å². The summed E-state index contributed by atoms with van der Waals surface area (Å²) in [5.74, 6) is -2.33. The van der Waals surface area contributed by atoms with Crippen molar-refractivity contribution in [1.82, 2.24) is 15.5 Å². The molecule has 1 atom stereocenters. The normalized spacial score (nSPS) is 23.4. The topological polar surface area (TPSA) is 78.5 Å². The molecule has 0 spiro atoms. The van der Waals surface area contributed by atoms with E-state index in [0.29, 0.717) is 17.4 Å². The first-order valence-electron chi connectivity index (χ1n) is 7.67. The van der Waals surface area contributed by atoms with Gasteiger partial charge in [-0.05, 0) is 43.9 Å². The number of nitrogens with one attached hydrogen (secondary N) is 2. The van der Waals surface area contributed by atoms with Crippen LogP contribution in [-0.4, -0.2) is 35.8 Å². The van der Waals surface area contributed by atoms with Gasteiger partial charge in [0.15, 0.2) is 0 Å². The van der Waals surface area contributed by atoms with E-state index in [4.69, 9.17) is 0 Å². The van der Waals surface area contributed by atoms with Gasteiger partial charge in [0, 0.05) is 12.1 Å². The molecular formula is C16H17F2N3O3. The number of halogens is 2. The van der Waals surface area contributed by atoms with Crippen molar-refractivity contribution >= 4 is 17.8 Å². The molecule has 2 aliphatic rings. The molecule has 1 unspecified atom stereocenters. The molecule has 1 heterocycles. The lowest BCUT2D eigenvalue weighted by molar-refractivity contribution is -0.134. The van der Waals surface area contributed by atoms with Gasteiger partial charge in [-0.15, -0.1) is 0 Å². The molecule has 2 fully saturated rings. The van der Waals surface area contributed by atoms with Crippen LogP contribution in [0.5, 0.6) is 0 Å². The third-order valence-corrected chi connectivity index (χ3v) is 4.33. The van der Waals surface area contributed by atoms with E-state index in [-0.39, 0.29) is 5.56 Å². The Labute approximate surface area is 137 Å². The summed E-state index contributed by atoms with van der Waals surface area (Å²) in [6, 6.07) is 1.87. The van der Waals surface area contributed by atoms with Crippen LogP contribution in [0, 0.1) is 17.6 Å². The zero-order valence-electron chi connectivity index (χ0n) is 13.1. The molecule has 0 radical (unpaired) electrons. The van der Waals surface area contributed by atoms with E-state index in [9.17, 15) is 23.2 Å². The van der Waals surface area contributed by atoms with Gasteiger partial charge in [-0.25, -0.2) is 13.6 Å². The monoisotopic (exact) mass is 337 g/mol. The lowest BCUT2D eigenvalue weighted by Crippen LogP contribution is -2.44. The van der Waals surface area contributed by atoms with Crippen molar-refractivity contribution in [2.24, 2.45) is 5.92 Å². The van der Waals surface area contributed by atoms with Crippen LogP contribution in [0.1, 0.15) is 25.3 Å². The molecule has 3 rings (SSSR count). The average molecular weight is 337 g/mol. The minimum Gasteiger partial charge on any atom is -0.354 e. The van der Waals surface area contributed by atoms with Gasteiger partial charge in [0.05, 0.1) is 0 Å². The van der Waals surface area contributed by atoms with E-state index in [1.165, 1.54) is 6.92 Å². The maximum absolute atomic E-state index is 14.0. The van der Waals surface area contributed by atoms with Crippen molar-refractivity contribution in [3.8, 4) is 0 Å². The molecule has 128 valence electrons. The van der Waals surface area contributed by atoms with E-state index >= 15 is 0 Å². The average Bonchev–Trinajstić information content (AvgIpc) is 3.33. The smallest absolute Gasteiger partial charge is 0.325 e. The van der Waals surface area contributed by atoms with Crippen molar-refractivity contribution in [1.29, 1.82) is 0 Å². The quantitative estimate of drug-likeness (QED) is 0.794. The highest BCUT2D eigenvalue weighted by molar-refractivity contribution is 6.09. The lowest BCUT2D eigenvalue weighted by atomic mass is 9.91. The molecule has 1 aromatic rings. The Morgan fingerprint density at radius 1 is 1.38 bits per heavy atom. The van der Waals surface area contributed by atoms with Gasteiger partial charge in [0.1, 0.15) is 23.7 Å². The molecule has 1 aromatic carbocycles. The molecule has 1 aliphatic heterocycles. The van der Waals surface area contributed by atoms with Crippen LogP contribution in [0.2, 0.25) is 0 Å². The highest BCUT2D eigenvalue weighted by Crippen LogP contribution is 2.31. The first kappa shape index (κ1) is 16.4. The summed E-state index contributed by atoms with van der Waals surface area (Å²) in [6.07, 6.45) is 2.11. The summed E-state index contributed by atoms with van der Waals surface area (Å²) in [5, 5.41) is 5.00. The highest BCUT2D eigenvalue weighted by Gasteiger charge is 2.50. The molecule has 6 nitrogen and oxygen atoms in total. The van der Waals surface area contributed by atoms with Crippen LogP contribution in [-0.2, 0) is 15.1 Å². The lowest BCUT2D eigenvalue weighted by Gasteiger charge is -2.22. The Balaban J connectivity index is 1.77. The molecule has 1 saturated heterocycles. The summed E-state index contributed by atoms with van der Waals surface area (Å²) in [5.41, 5.74) is -2.03. The Bertz CT molecular complexity index is 721. The number of nitrogens with zero attached hydrogens (tertiary/aromatic N) is 1. The summed E-state index contributed by atoms with van der Waals surface area (Å²) in [4.78, 5) is 37.2. The summed E-state index contributed by atoms with van der Waals surface area (Å²) in [6.45, 7) is 1.34. The Morgan fingerprint density at radius 3 is 2.75 bits per heavy atom. The van der Waals surface area contributed by atoms with Gasteiger partial charge in [0.2, 0.25) is 5.91 Å². The highest BCUT2D eigenvalue weighted by atomic mass is 19.1. The van der Waals surface area contributed by atoms with Crippen LogP contribution in [0.3, 0.4) is 0 Å². The molecule has 2 N–H and O–H groups in total. The number of urea groups is 1. The first-order chi connectivity index (χ1) is 11.3. The van der Waals surface area contributed by atoms with Crippen LogP contribution in [0.25, 0.3) is 0 Å². The van der Waals surface area contributed by atoms with Crippen molar-refractivity contribution < 1.29 is 23.2 Å². The number of benzene rings is 1. The zero-order chi connectivity index (χ0) is 17.5. The number of imide groups is 1. The summed E-state index contributed by atoms with van der Waals surface area (Å²) < 4.78 is 27.4. The zero-order valence-corrected chi connectivity index (χ0v) is 13.1. The SMILES string of the molecule is CC1(c2cc(F)ccc2F)NC(=O)N(CC(=O)NCC2CC2)C1=O. The maximum Gasteiger partial charge on any atom is 0.325 e. The first-order valence-corrected chi connectivity index (χ1v) is 7.67. The second-order valence-corrected chi connectivity index (χ2v) is 6.32. The molecule has 24 heavy (non-hydrogen) atoms. The standard InChI is InChI=1S/C16H17F2N3O3/c1-16(11-6-10(17)4-5-12(11)18)14(23)21(15(24)20-16)8-13(22)19-7-9-2-3-9/h4-6,9H,2-3,7-8H2,1H3,(H,19,22)(H,20,24). The number of carbonyl (C=O) groups is 3. The fourth-order valence-corrected chi connectivity index (χ4v) is 2.68. The van der Waals surface area contributed by atoms with E-state index in [1.54, 1.807) is 0 Å². The molecule has 0 aromatic heterocycles. The second-order valence-electron chi connectivity index (χ2n) is 6.32. The van der Waals surface area contributed by atoms with Crippen molar-refractivity contribution in [2.45, 2.75) is 25.3 Å². The second kappa shape index (κ2) is 5.85. The number of hydrogen-bond acceptors (Lipinski definition) is 3. The largest absolute Gasteiger partial charge is 0.354 e. The minimum absolute atomic E-state index is 0.276. The fraction of sp³-hybridized carbons (Fsp3) is 0.438. The minimum atomic E-state index is -1.75. The Morgan fingerprint density at radius 2 is 2.08 bits per heavy atom. The van der Waals surface area contributed by atoms with Gasteiger partial charge in [0.25, 0.3) is 5.91 Å². The van der Waals surface area contributed by atoms with Gasteiger partial charge in [-0.3, -0.25) is 14.5 Å². The molecule has 1 saturated carbocycles. The predicted octanol–water partition coefficient (Wildman–Crippen LogP) is 1.26. The Kier molecular flexibility index (Phi) is 3.98. The predicted molar refractivity (Wildman–Crippen MR) is 79.7 cm³/mol.